The van der Waals surface area contributed by atoms with E-state index < -0.39 is 16.1 Å². The molecular formula is C15H23ClN2O3S2. The first-order valence-corrected chi connectivity index (χ1v) is 10.4. The van der Waals surface area contributed by atoms with Crippen LogP contribution in [0.5, 0.6) is 0 Å². The number of aliphatic hydroxyl groups excluding tert-OH is 1. The summed E-state index contributed by atoms with van der Waals surface area (Å²) in [6, 6.07) is 3.48. The minimum atomic E-state index is -3.60. The normalized spacial score (nSPS) is 23.6. The van der Waals surface area contributed by atoms with Gasteiger partial charge in [0.25, 0.3) is 0 Å². The molecule has 0 aromatic carbocycles. The van der Waals surface area contributed by atoms with Gasteiger partial charge in [0.2, 0.25) is 10.0 Å². The molecule has 1 aromatic heterocycles. The first-order chi connectivity index (χ1) is 10.9. The van der Waals surface area contributed by atoms with Crippen LogP contribution in [0.1, 0.15) is 25.7 Å². The summed E-state index contributed by atoms with van der Waals surface area (Å²) in [5.74, 6) is 0.131. The van der Waals surface area contributed by atoms with E-state index in [9.17, 15) is 13.5 Å². The molecule has 8 heteroatoms. The third kappa shape index (κ3) is 5.55. The average molecular weight is 379 g/mol. The van der Waals surface area contributed by atoms with Gasteiger partial charge in [-0.05, 0) is 43.7 Å². The Morgan fingerprint density at radius 1 is 1.39 bits per heavy atom. The standard InChI is InChI=1S/C15H23ClN2O3S2/c1-2-9-17-12-5-3-11(4-6-12)13(19)10-18-23(20,21)15-8-7-14(16)22-15/h2,7-8,11-13,17-19H,1,3-6,9-10H2/t11?,12?,13-/m0/s1. The van der Waals surface area contributed by atoms with E-state index in [0.29, 0.717) is 10.4 Å². The quantitative estimate of drug-likeness (QED) is 0.607. The first-order valence-electron chi connectivity index (χ1n) is 7.69. The van der Waals surface area contributed by atoms with Crippen molar-refractivity contribution < 1.29 is 13.5 Å². The second kappa shape index (κ2) is 8.60. The number of aliphatic hydroxyl groups is 1. The Balaban J connectivity index is 1.79. The Labute approximate surface area is 146 Å². The largest absolute Gasteiger partial charge is 0.391 e. The van der Waals surface area contributed by atoms with Crippen molar-refractivity contribution in [2.45, 2.75) is 42.0 Å². The fraction of sp³-hybridized carbons (Fsp3) is 0.600. The molecule has 1 atom stereocenters. The Kier molecular flexibility index (Phi) is 7.06. The molecule has 1 aliphatic carbocycles. The van der Waals surface area contributed by atoms with Gasteiger partial charge in [0.15, 0.2) is 0 Å². The van der Waals surface area contributed by atoms with Crippen molar-refractivity contribution in [3.05, 3.63) is 29.1 Å². The fourth-order valence-electron chi connectivity index (χ4n) is 2.83. The van der Waals surface area contributed by atoms with E-state index in [4.69, 9.17) is 11.6 Å². The zero-order chi connectivity index (χ0) is 16.9. The summed E-state index contributed by atoms with van der Waals surface area (Å²) in [6.07, 6.45) is 4.93. The van der Waals surface area contributed by atoms with E-state index in [2.05, 4.69) is 16.6 Å². The summed E-state index contributed by atoms with van der Waals surface area (Å²) in [7, 11) is -3.60. The number of halogens is 1. The summed E-state index contributed by atoms with van der Waals surface area (Å²) in [6.45, 7) is 4.51. The molecule has 1 heterocycles. The molecule has 0 amide bonds. The highest BCUT2D eigenvalue weighted by atomic mass is 35.5. The summed E-state index contributed by atoms with van der Waals surface area (Å²) in [4.78, 5) is 0. The van der Waals surface area contributed by atoms with Crippen molar-refractivity contribution in [3.63, 3.8) is 0 Å². The van der Waals surface area contributed by atoms with Crippen LogP contribution in [0.15, 0.2) is 29.0 Å². The van der Waals surface area contributed by atoms with Gasteiger partial charge in [0, 0.05) is 19.1 Å². The molecule has 5 nitrogen and oxygen atoms in total. The van der Waals surface area contributed by atoms with E-state index in [1.165, 1.54) is 6.07 Å². The average Bonchev–Trinajstić information content (AvgIpc) is 2.98. The number of thiophene rings is 1. The third-order valence-corrected chi connectivity index (χ3v) is 7.31. The van der Waals surface area contributed by atoms with Gasteiger partial charge < -0.3 is 10.4 Å². The zero-order valence-electron chi connectivity index (χ0n) is 12.9. The van der Waals surface area contributed by atoms with Crippen molar-refractivity contribution in [2.24, 2.45) is 5.92 Å². The Bertz CT molecular complexity index is 610. The first kappa shape index (κ1) is 18.9. The molecule has 1 aliphatic rings. The van der Waals surface area contributed by atoms with Gasteiger partial charge in [-0.3, -0.25) is 0 Å². The molecule has 130 valence electrons. The van der Waals surface area contributed by atoms with Crippen LogP contribution in [0.4, 0.5) is 0 Å². The van der Waals surface area contributed by atoms with Crippen molar-refractivity contribution >= 4 is 33.0 Å². The molecule has 2 rings (SSSR count). The Morgan fingerprint density at radius 3 is 2.65 bits per heavy atom. The topological polar surface area (TPSA) is 78.4 Å². The van der Waals surface area contributed by atoms with Crippen LogP contribution < -0.4 is 10.0 Å². The maximum absolute atomic E-state index is 12.1. The molecule has 23 heavy (non-hydrogen) atoms. The van der Waals surface area contributed by atoms with Crippen LogP contribution in [-0.2, 0) is 10.0 Å². The second-order valence-corrected chi connectivity index (χ2v) is 9.50. The molecule has 3 N–H and O–H groups in total. The van der Waals surface area contributed by atoms with Crippen LogP contribution in [0, 0.1) is 5.92 Å². The molecule has 0 radical (unpaired) electrons. The minimum Gasteiger partial charge on any atom is -0.391 e. The van der Waals surface area contributed by atoms with Gasteiger partial charge in [0.05, 0.1) is 10.4 Å². The summed E-state index contributed by atoms with van der Waals surface area (Å²) in [5, 5.41) is 13.7. The van der Waals surface area contributed by atoms with E-state index in [0.717, 1.165) is 43.6 Å². The molecule has 0 saturated heterocycles. The van der Waals surface area contributed by atoms with Crippen LogP contribution >= 0.6 is 22.9 Å². The number of hydrogen-bond donors (Lipinski definition) is 3. The third-order valence-electron chi connectivity index (χ3n) is 4.16. The van der Waals surface area contributed by atoms with Crippen molar-refractivity contribution in [2.75, 3.05) is 13.1 Å². The van der Waals surface area contributed by atoms with Gasteiger partial charge >= 0.3 is 0 Å². The SMILES string of the molecule is C=CCNC1CCC([C@@H](O)CNS(=O)(=O)c2ccc(Cl)s2)CC1. The zero-order valence-corrected chi connectivity index (χ0v) is 15.3. The van der Waals surface area contributed by atoms with Crippen molar-refractivity contribution in [1.82, 2.24) is 10.0 Å². The van der Waals surface area contributed by atoms with Crippen LogP contribution in [0.25, 0.3) is 0 Å². The lowest BCUT2D eigenvalue weighted by Gasteiger charge is -2.31. The van der Waals surface area contributed by atoms with E-state index >= 15 is 0 Å². The predicted molar refractivity (Wildman–Crippen MR) is 94.5 cm³/mol. The highest BCUT2D eigenvalue weighted by Gasteiger charge is 2.27. The van der Waals surface area contributed by atoms with E-state index in [1.54, 1.807) is 6.07 Å². The molecule has 1 saturated carbocycles. The van der Waals surface area contributed by atoms with Gasteiger partial charge in [-0.2, -0.15) is 0 Å². The molecular weight excluding hydrogens is 356 g/mol. The number of hydrogen-bond acceptors (Lipinski definition) is 5. The molecule has 1 fully saturated rings. The Hall–Kier alpha value is -0.440. The fourth-order valence-corrected chi connectivity index (χ4v) is 5.41. The molecule has 0 bridgehead atoms. The molecule has 0 unspecified atom stereocenters. The van der Waals surface area contributed by atoms with Crippen LogP contribution in [0.3, 0.4) is 0 Å². The highest BCUT2D eigenvalue weighted by molar-refractivity contribution is 7.91. The maximum Gasteiger partial charge on any atom is 0.250 e. The van der Waals surface area contributed by atoms with Gasteiger partial charge in [-0.25, -0.2) is 13.1 Å². The molecule has 1 aromatic rings. The lowest BCUT2D eigenvalue weighted by Crippen LogP contribution is -2.40. The molecule has 0 spiro atoms. The van der Waals surface area contributed by atoms with Crippen LogP contribution in [-0.4, -0.2) is 38.8 Å². The second-order valence-electron chi connectivity index (χ2n) is 5.79. The number of sulfonamides is 1. The summed E-state index contributed by atoms with van der Waals surface area (Å²) < 4.78 is 27.3. The van der Waals surface area contributed by atoms with Crippen molar-refractivity contribution in [1.29, 1.82) is 0 Å². The van der Waals surface area contributed by atoms with Gasteiger partial charge in [-0.1, -0.05) is 17.7 Å². The number of rotatable bonds is 8. The van der Waals surface area contributed by atoms with E-state index in [1.807, 2.05) is 6.08 Å². The smallest absolute Gasteiger partial charge is 0.250 e. The van der Waals surface area contributed by atoms with Gasteiger partial charge in [0.1, 0.15) is 4.21 Å². The monoisotopic (exact) mass is 378 g/mol. The highest BCUT2D eigenvalue weighted by Crippen LogP contribution is 2.28. The molecule has 0 aliphatic heterocycles. The van der Waals surface area contributed by atoms with Crippen molar-refractivity contribution in [3.8, 4) is 0 Å². The summed E-state index contributed by atoms with van der Waals surface area (Å²) in [5.41, 5.74) is 0. The number of nitrogens with one attached hydrogen (secondary N) is 2. The summed E-state index contributed by atoms with van der Waals surface area (Å²) >= 11 is 6.77. The maximum atomic E-state index is 12.1. The van der Waals surface area contributed by atoms with Gasteiger partial charge in [-0.15, -0.1) is 17.9 Å². The van der Waals surface area contributed by atoms with Crippen LogP contribution in [0.2, 0.25) is 4.34 Å². The van der Waals surface area contributed by atoms with E-state index in [-0.39, 0.29) is 16.7 Å². The minimum absolute atomic E-state index is 0.0350. The predicted octanol–water partition coefficient (Wildman–Crippen LogP) is 2.38. The Morgan fingerprint density at radius 2 is 2.09 bits per heavy atom. The lowest BCUT2D eigenvalue weighted by molar-refractivity contribution is 0.0825. The lowest BCUT2D eigenvalue weighted by atomic mass is 9.82.